The van der Waals surface area contributed by atoms with Crippen molar-refractivity contribution in [2.24, 2.45) is 5.92 Å². The van der Waals surface area contributed by atoms with Gasteiger partial charge in [-0.3, -0.25) is 4.79 Å². The number of fused-ring (bicyclic) bond motifs is 1. The van der Waals surface area contributed by atoms with Crippen LogP contribution in [0.4, 0.5) is 0 Å². The molecule has 100 valence electrons. The number of aliphatic hydroxyl groups is 1. The van der Waals surface area contributed by atoms with Gasteiger partial charge in [-0.2, -0.15) is 0 Å². The van der Waals surface area contributed by atoms with E-state index in [0.29, 0.717) is 11.1 Å². The van der Waals surface area contributed by atoms with Crippen molar-refractivity contribution in [1.29, 1.82) is 0 Å². The molecule has 0 aliphatic heterocycles. The minimum atomic E-state index is -0.870. The maximum atomic E-state index is 12.3. The van der Waals surface area contributed by atoms with Crippen molar-refractivity contribution in [3.63, 3.8) is 0 Å². The van der Waals surface area contributed by atoms with Crippen molar-refractivity contribution < 1.29 is 14.3 Å². The van der Waals surface area contributed by atoms with E-state index in [1.807, 2.05) is 0 Å². The van der Waals surface area contributed by atoms with Gasteiger partial charge in [0.05, 0.1) is 17.5 Å². The molecule has 5 nitrogen and oxygen atoms in total. The van der Waals surface area contributed by atoms with Crippen LogP contribution in [-0.4, -0.2) is 21.7 Å². The Morgan fingerprint density at radius 3 is 2.89 bits per heavy atom. The number of aromatic nitrogens is 1. The highest BCUT2D eigenvalue weighted by molar-refractivity contribution is 5.90. The number of rotatable bonds is 4. The highest BCUT2D eigenvalue weighted by Gasteiger charge is 2.26. The summed E-state index contributed by atoms with van der Waals surface area (Å²) < 4.78 is 5.96. The molecule has 0 spiro atoms. The fourth-order valence-electron chi connectivity index (χ4n) is 1.92. The molecule has 0 aliphatic rings. The second-order valence-corrected chi connectivity index (χ2v) is 4.39. The Labute approximate surface area is 109 Å². The molecular formula is C14H15NO4. The van der Waals surface area contributed by atoms with E-state index in [0.717, 1.165) is 4.57 Å². The molecule has 2 rings (SSSR count). The van der Waals surface area contributed by atoms with Crippen molar-refractivity contribution in [2.45, 2.75) is 19.4 Å². The van der Waals surface area contributed by atoms with Gasteiger partial charge in [0.2, 0.25) is 5.91 Å². The largest absolute Gasteiger partial charge is 0.426 e. The lowest BCUT2D eigenvalue weighted by atomic mass is 10.0. The number of nitrogens with zero attached hydrogens (tertiary/aromatic N) is 1. The molecule has 19 heavy (non-hydrogen) atoms. The van der Waals surface area contributed by atoms with Crippen molar-refractivity contribution in [2.75, 3.05) is 0 Å². The average molecular weight is 261 g/mol. The second-order valence-electron chi connectivity index (χ2n) is 4.39. The maximum Gasteiger partial charge on any atom is 0.426 e. The Kier molecular flexibility index (Phi) is 3.66. The predicted octanol–water partition coefficient (Wildman–Crippen LogP) is 1.81. The number of oxazole rings is 1. The number of hydrogen-bond donors (Lipinski definition) is 1. The van der Waals surface area contributed by atoms with Crippen molar-refractivity contribution >= 4 is 17.0 Å². The zero-order chi connectivity index (χ0) is 14.0. The summed E-state index contributed by atoms with van der Waals surface area (Å²) in [6.07, 6.45) is 0.952. The first kappa shape index (κ1) is 13.3. The molecule has 0 amide bonds. The van der Waals surface area contributed by atoms with Gasteiger partial charge in [-0.05, 0) is 18.6 Å². The smallest absolute Gasteiger partial charge is 0.407 e. The van der Waals surface area contributed by atoms with Gasteiger partial charge in [-0.15, -0.1) is 6.58 Å². The van der Waals surface area contributed by atoms with E-state index in [-0.39, 0.29) is 6.42 Å². The lowest BCUT2D eigenvalue weighted by Crippen LogP contribution is -2.34. The number of carbonyl (C=O) groups is 1. The van der Waals surface area contributed by atoms with Crippen LogP contribution in [0.3, 0.4) is 0 Å². The van der Waals surface area contributed by atoms with Crippen LogP contribution in [0.1, 0.15) is 18.1 Å². The Balaban J connectivity index is 2.44. The molecule has 1 N–H and O–H groups in total. The van der Waals surface area contributed by atoms with Crippen LogP contribution in [0.25, 0.3) is 11.1 Å². The molecule has 1 heterocycles. The molecule has 1 aromatic carbocycles. The summed E-state index contributed by atoms with van der Waals surface area (Å²) in [5.41, 5.74) is 0.765. The zero-order valence-corrected chi connectivity index (χ0v) is 10.6. The molecule has 2 unspecified atom stereocenters. The van der Waals surface area contributed by atoms with E-state index in [1.54, 1.807) is 31.2 Å². The van der Waals surface area contributed by atoms with E-state index in [9.17, 15) is 14.7 Å². The number of para-hydroxylation sites is 2. The van der Waals surface area contributed by atoms with Gasteiger partial charge < -0.3 is 9.52 Å². The van der Waals surface area contributed by atoms with Crippen LogP contribution in [0.5, 0.6) is 0 Å². The average Bonchev–Trinajstić information content (AvgIpc) is 2.73. The molecule has 0 saturated heterocycles. The molecule has 0 radical (unpaired) electrons. The maximum absolute atomic E-state index is 12.3. The van der Waals surface area contributed by atoms with Crippen LogP contribution in [0.15, 0.2) is 46.1 Å². The van der Waals surface area contributed by atoms with Gasteiger partial charge in [0.25, 0.3) is 0 Å². The Morgan fingerprint density at radius 2 is 2.21 bits per heavy atom. The number of aliphatic hydroxyl groups excluding tert-OH is 1. The van der Waals surface area contributed by atoms with Gasteiger partial charge in [0.15, 0.2) is 5.58 Å². The van der Waals surface area contributed by atoms with Crippen molar-refractivity contribution in [3.05, 3.63) is 47.5 Å². The standard InChI is InChI=1S/C14H15NO4/c1-3-6-11(16)9(2)13(17)15-10-7-4-5-8-12(10)19-14(15)18/h3-5,7-9,11,16H,1,6H2,2H3. The molecule has 0 fully saturated rings. The summed E-state index contributed by atoms with van der Waals surface area (Å²) in [5.74, 6) is -1.93. The van der Waals surface area contributed by atoms with Gasteiger partial charge in [-0.1, -0.05) is 25.1 Å². The fourth-order valence-corrected chi connectivity index (χ4v) is 1.92. The summed E-state index contributed by atoms with van der Waals surface area (Å²) in [6, 6.07) is 6.68. The predicted molar refractivity (Wildman–Crippen MR) is 71.1 cm³/mol. The highest BCUT2D eigenvalue weighted by atomic mass is 16.4. The van der Waals surface area contributed by atoms with E-state index < -0.39 is 23.7 Å². The SMILES string of the molecule is C=CCC(O)C(C)C(=O)n1c(=O)oc2ccccc21. The summed E-state index contributed by atoms with van der Waals surface area (Å²) in [7, 11) is 0. The summed E-state index contributed by atoms with van der Waals surface area (Å²) in [4.78, 5) is 24.0. The van der Waals surface area contributed by atoms with Crippen LogP contribution >= 0.6 is 0 Å². The first-order chi connectivity index (χ1) is 9.06. The number of hydrogen-bond acceptors (Lipinski definition) is 4. The molecule has 0 saturated carbocycles. The zero-order valence-electron chi connectivity index (χ0n) is 10.6. The van der Waals surface area contributed by atoms with Crippen molar-refractivity contribution in [1.82, 2.24) is 4.57 Å². The summed E-state index contributed by atoms with van der Waals surface area (Å²) in [6.45, 7) is 5.09. The van der Waals surface area contributed by atoms with Crippen LogP contribution in [0.2, 0.25) is 0 Å². The Bertz CT molecular complexity index is 667. The van der Waals surface area contributed by atoms with Crippen LogP contribution in [0, 0.1) is 5.92 Å². The monoisotopic (exact) mass is 261 g/mol. The topological polar surface area (TPSA) is 72.4 Å². The van der Waals surface area contributed by atoms with Gasteiger partial charge in [0.1, 0.15) is 0 Å². The van der Waals surface area contributed by atoms with Crippen molar-refractivity contribution in [3.8, 4) is 0 Å². The minimum Gasteiger partial charge on any atom is -0.407 e. The molecule has 0 bridgehead atoms. The van der Waals surface area contributed by atoms with E-state index in [2.05, 4.69) is 6.58 Å². The Morgan fingerprint density at radius 1 is 1.53 bits per heavy atom. The first-order valence-corrected chi connectivity index (χ1v) is 6.00. The third-order valence-corrected chi connectivity index (χ3v) is 3.08. The summed E-state index contributed by atoms with van der Waals surface area (Å²) >= 11 is 0. The van der Waals surface area contributed by atoms with E-state index in [1.165, 1.54) is 6.08 Å². The summed E-state index contributed by atoms with van der Waals surface area (Å²) in [5, 5.41) is 9.81. The molecule has 2 atom stereocenters. The number of benzene rings is 1. The third-order valence-electron chi connectivity index (χ3n) is 3.08. The lowest BCUT2D eigenvalue weighted by Gasteiger charge is -2.15. The van der Waals surface area contributed by atoms with Gasteiger partial charge in [0, 0.05) is 0 Å². The first-order valence-electron chi connectivity index (χ1n) is 6.00. The molecule has 5 heteroatoms. The van der Waals surface area contributed by atoms with Crippen LogP contribution in [-0.2, 0) is 0 Å². The lowest BCUT2D eigenvalue weighted by molar-refractivity contribution is 0.0636. The third kappa shape index (κ3) is 2.37. The Hall–Kier alpha value is -2.14. The number of carbonyl (C=O) groups excluding carboxylic acids is 1. The minimum absolute atomic E-state index is 0.289. The van der Waals surface area contributed by atoms with Crippen LogP contribution < -0.4 is 5.76 Å². The normalized spacial score (nSPS) is 14.2. The second kappa shape index (κ2) is 5.24. The molecule has 0 aliphatic carbocycles. The molecule has 1 aromatic heterocycles. The quantitative estimate of drug-likeness (QED) is 0.852. The van der Waals surface area contributed by atoms with E-state index >= 15 is 0 Å². The van der Waals surface area contributed by atoms with Gasteiger partial charge in [-0.25, -0.2) is 9.36 Å². The van der Waals surface area contributed by atoms with E-state index in [4.69, 9.17) is 4.42 Å². The van der Waals surface area contributed by atoms with Gasteiger partial charge >= 0.3 is 5.76 Å². The highest BCUT2D eigenvalue weighted by Crippen LogP contribution is 2.16. The molecular weight excluding hydrogens is 246 g/mol. The fraction of sp³-hybridized carbons (Fsp3) is 0.286. The molecule has 2 aromatic rings.